The number of carbonyl (C=O) groups excluding carboxylic acids is 1. The van der Waals surface area contributed by atoms with Crippen LogP contribution >= 0.6 is 0 Å². The third-order valence-corrected chi connectivity index (χ3v) is 7.57. The first-order chi connectivity index (χ1) is 19.9. The number of anilines is 2. The van der Waals surface area contributed by atoms with Crippen molar-refractivity contribution in [3.05, 3.63) is 101 Å². The summed E-state index contributed by atoms with van der Waals surface area (Å²) in [5, 5.41) is 13.5. The standard InChI is InChI=1S/C35H37N5O/c1-4-7-14-32(41)39-25-19-22(5-2)18-24(20-25)23-15-16-29(36)28(21-23)34(37)35-26(6-3)33-27(11-10-13-31(33)40-35)30-12-8-9-17-38-30/h8-13,15-21,37,40H,4-7,14,36H2,1-3H3,(H,39,41). The third kappa shape index (κ3) is 5.78. The first kappa shape index (κ1) is 27.8. The fraction of sp³-hybridized carbons (Fsp3) is 0.229. The van der Waals surface area contributed by atoms with E-state index < -0.39 is 0 Å². The fourth-order valence-electron chi connectivity index (χ4n) is 5.40. The van der Waals surface area contributed by atoms with Gasteiger partial charge in [-0.1, -0.05) is 57.5 Å². The molecular formula is C35H37N5O. The molecule has 2 aromatic heterocycles. The van der Waals surface area contributed by atoms with Gasteiger partial charge in [0.2, 0.25) is 5.91 Å². The minimum absolute atomic E-state index is 0.0294. The lowest BCUT2D eigenvalue weighted by molar-refractivity contribution is -0.116. The smallest absolute Gasteiger partial charge is 0.224 e. The number of fused-ring (bicyclic) bond motifs is 1. The quantitative estimate of drug-likeness (QED) is 0.105. The molecule has 0 aliphatic rings. The molecule has 0 saturated heterocycles. The molecule has 5 rings (SSSR count). The highest BCUT2D eigenvalue weighted by atomic mass is 16.1. The predicted octanol–water partition coefficient (Wildman–Crippen LogP) is 8.15. The summed E-state index contributed by atoms with van der Waals surface area (Å²) in [5.41, 5.74) is 16.7. The molecule has 208 valence electrons. The van der Waals surface area contributed by atoms with Crippen molar-refractivity contribution in [2.75, 3.05) is 11.1 Å². The van der Waals surface area contributed by atoms with E-state index in [0.717, 1.165) is 81.5 Å². The zero-order valence-corrected chi connectivity index (χ0v) is 24.0. The highest BCUT2D eigenvalue weighted by Gasteiger charge is 2.20. The molecule has 0 bridgehead atoms. The van der Waals surface area contributed by atoms with E-state index in [1.807, 2.05) is 60.7 Å². The van der Waals surface area contributed by atoms with Crippen LogP contribution in [0.25, 0.3) is 33.3 Å². The first-order valence-electron chi connectivity index (χ1n) is 14.4. The van der Waals surface area contributed by atoms with Gasteiger partial charge in [0, 0.05) is 46.0 Å². The number of nitrogens with zero attached hydrogens (tertiary/aromatic N) is 1. The number of hydrogen-bond donors (Lipinski definition) is 4. The molecule has 3 aromatic carbocycles. The van der Waals surface area contributed by atoms with Gasteiger partial charge in [0.05, 0.1) is 17.1 Å². The van der Waals surface area contributed by atoms with Crippen molar-refractivity contribution in [2.45, 2.75) is 52.9 Å². The summed E-state index contributed by atoms with van der Waals surface area (Å²) >= 11 is 0. The molecule has 5 aromatic rings. The topological polar surface area (TPSA) is 108 Å². The van der Waals surface area contributed by atoms with Crippen LogP contribution in [-0.4, -0.2) is 21.6 Å². The zero-order valence-electron chi connectivity index (χ0n) is 24.0. The maximum atomic E-state index is 12.4. The lowest BCUT2D eigenvalue weighted by atomic mass is 9.94. The molecule has 0 aliphatic carbocycles. The van der Waals surface area contributed by atoms with Gasteiger partial charge in [-0.2, -0.15) is 0 Å². The van der Waals surface area contributed by atoms with Crippen LogP contribution in [0.15, 0.2) is 79.0 Å². The molecular weight excluding hydrogens is 506 g/mol. The lowest BCUT2D eigenvalue weighted by Crippen LogP contribution is -2.11. The number of H-pyrrole nitrogens is 1. The predicted molar refractivity (Wildman–Crippen MR) is 171 cm³/mol. The van der Waals surface area contributed by atoms with Crippen LogP contribution in [0.1, 0.15) is 62.4 Å². The van der Waals surface area contributed by atoms with Crippen LogP contribution < -0.4 is 11.1 Å². The average molecular weight is 544 g/mol. The summed E-state index contributed by atoms with van der Waals surface area (Å²) in [6, 6.07) is 24.1. The maximum Gasteiger partial charge on any atom is 0.224 e. The van der Waals surface area contributed by atoms with Crippen molar-refractivity contribution in [1.82, 2.24) is 9.97 Å². The Labute approximate surface area is 241 Å². The Morgan fingerprint density at radius 3 is 2.54 bits per heavy atom. The number of aryl methyl sites for hydroxylation is 2. The molecule has 6 heteroatoms. The summed E-state index contributed by atoms with van der Waals surface area (Å²) in [6.07, 6.45) is 5.76. The lowest BCUT2D eigenvalue weighted by Gasteiger charge is -2.14. The highest BCUT2D eigenvalue weighted by molar-refractivity contribution is 6.17. The van der Waals surface area contributed by atoms with Crippen LogP contribution in [0.5, 0.6) is 0 Å². The van der Waals surface area contributed by atoms with Crippen LogP contribution in [0.2, 0.25) is 0 Å². The number of carbonyl (C=O) groups is 1. The van der Waals surface area contributed by atoms with Crippen molar-refractivity contribution in [1.29, 1.82) is 5.41 Å². The number of nitrogens with one attached hydrogen (secondary N) is 3. The van der Waals surface area contributed by atoms with Gasteiger partial charge >= 0.3 is 0 Å². The maximum absolute atomic E-state index is 12.4. The second kappa shape index (κ2) is 12.2. The van der Waals surface area contributed by atoms with Crippen LogP contribution in [0.3, 0.4) is 0 Å². The highest BCUT2D eigenvalue weighted by Crippen LogP contribution is 2.35. The molecule has 0 radical (unpaired) electrons. The van der Waals surface area contributed by atoms with Crippen LogP contribution in [-0.2, 0) is 17.6 Å². The summed E-state index contributed by atoms with van der Waals surface area (Å²) in [7, 11) is 0. The number of benzene rings is 3. The number of hydrogen-bond acceptors (Lipinski definition) is 4. The molecule has 0 aliphatic heterocycles. The Balaban J connectivity index is 1.56. The normalized spacial score (nSPS) is 11.1. The van der Waals surface area contributed by atoms with E-state index in [2.05, 4.69) is 48.2 Å². The van der Waals surface area contributed by atoms with Gasteiger partial charge in [-0.05, 0) is 84.0 Å². The van der Waals surface area contributed by atoms with Crippen molar-refractivity contribution < 1.29 is 4.79 Å². The molecule has 6 nitrogen and oxygen atoms in total. The zero-order chi connectivity index (χ0) is 28.9. The van der Waals surface area contributed by atoms with E-state index in [9.17, 15) is 10.2 Å². The van der Waals surface area contributed by atoms with E-state index in [1.165, 1.54) is 0 Å². The largest absolute Gasteiger partial charge is 0.398 e. The Kier molecular flexibility index (Phi) is 8.29. The molecule has 0 fully saturated rings. The number of amides is 1. The molecule has 5 N–H and O–H groups in total. The van der Waals surface area contributed by atoms with Crippen LogP contribution in [0, 0.1) is 5.41 Å². The number of nitrogen functional groups attached to an aromatic ring is 1. The van der Waals surface area contributed by atoms with E-state index in [1.54, 1.807) is 6.20 Å². The van der Waals surface area contributed by atoms with Gasteiger partial charge in [-0.15, -0.1) is 0 Å². The Hall–Kier alpha value is -4.71. The SMILES string of the molecule is CCCCC(=O)Nc1cc(CC)cc(-c2ccc(N)c(C(=N)c3[nH]c4cccc(-c5ccccn5)c4c3CC)c2)c1. The monoisotopic (exact) mass is 543 g/mol. The fourth-order valence-corrected chi connectivity index (χ4v) is 5.40. The summed E-state index contributed by atoms with van der Waals surface area (Å²) < 4.78 is 0. The van der Waals surface area contributed by atoms with Gasteiger partial charge in [-0.25, -0.2) is 0 Å². The second-order valence-electron chi connectivity index (χ2n) is 10.4. The number of pyridine rings is 1. The molecule has 0 spiro atoms. The molecule has 41 heavy (non-hydrogen) atoms. The van der Waals surface area contributed by atoms with Gasteiger partial charge in [0.15, 0.2) is 0 Å². The third-order valence-electron chi connectivity index (χ3n) is 7.57. The van der Waals surface area contributed by atoms with Crippen LogP contribution in [0.4, 0.5) is 11.4 Å². The van der Waals surface area contributed by atoms with Gasteiger partial charge in [0.25, 0.3) is 0 Å². The van der Waals surface area contributed by atoms with Gasteiger partial charge in [0.1, 0.15) is 0 Å². The first-order valence-corrected chi connectivity index (χ1v) is 14.4. The van der Waals surface area contributed by atoms with Crippen molar-refractivity contribution in [3.63, 3.8) is 0 Å². The van der Waals surface area contributed by atoms with E-state index in [0.29, 0.717) is 23.4 Å². The number of rotatable bonds is 10. The van der Waals surface area contributed by atoms with E-state index >= 15 is 0 Å². The van der Waals surface area contributed by atoms with Crippen molar-refractivity contribution >= 4 is 33.9 Å². The number of unbranched alkanes of at least 4 members (excludes halogenated alkanes) is 1. The molecule has 0 unspecified atom stereocenters. The summed E-state index contributed by atoms with van der Waals surface area (Å²) in [5.74, 6) is 0.0294. The number of aromatic nitrogens is 2. The Morgan fingerprint density at radius 2 is 1.80 bits per heavy atom. The molecule has 2 heterocycles. The van der Waals surface area contributed by atoms with E-state index in [4.69, 9.17) is 5.73 Å². The van der Waals surface area contributed by atoms with E-state index in [-0.39, 0.29) is 5.91 Å². The molecule has 0 saturated carbocycles. The number of aromatic amines is 1. The minimum atomic E-state index is 0.0294. The summed E-state index contributed by atoms with van der Waals surface area (Å²) in [6.45, 7) is 6.30. The Morgan fingerprint density at radius 1 is 0.951 bits per heavy atom. The average Bonchev–Trinajstić information content (AvgIpc) is 3.39. The van der Waals surface area contributed by atoms with Crippen molar-refractivity contribution in [3.8, 4) is 22.4 Å². The Bertz CT molecular complexity index is 1720. The second-order valence-corrected chi connectivity index (χ2v) is 10.4. The number of nitrogens with two attached hydrogens (primary N) is 1. The van der Waals surface area contributed by atoms with Gasteiger partial charge in [-0.3, -0.25) is 15.2 Å². The minimum Gasteiger partial charge on any atom is -0.398 e. The van der Waals surface area contributed by atoms with Crippen molar-refractivity contribution in [2.24, 2.45) is 0 Å². The molecule has 1 amide bonds. The summed E-state index contributed by atoms with van der Waals surface area (Å²) in [4.78, 5) is 20.6. The molecule has 0 atom stereocenters. The van der Waals surface area contributed by atoms with Gasteiger partial charge < -0.3 is 16.0 Å².